The summed E-state index contributed by atoms with van der Waals surface area (Å²) in [4.78, 5) is 11.5. The summed E-state index contributed by atoms with van der Waals surface area (Å²) in [5, 5.41) is 5.95. The molecule has 1 saturated carbocycles. The highest BCUT2D eigenvalue weighted by atomic mass is 19.1. The van der Waals surface area contributed by atoms with Crippen LogP contribution in [0.5, 0.6) is 0 Å². The fourth-order valence-corrected chi connectivity index (χ4v) is 1.81. The van der Waals surface area contributed by atoms with Gasteiger partial charge in [0.2, 0.25) is 5.91 Å². The maximum atomic E-state index is 12.9. The van der Waals surface area contributed by atoms with Crippen LogP contribution in [0.3, 0.4) is 0 Å². The Labute approximate surface area is 107 Å². The Balaban J connectivity index is 1.57. The van der Waals surface area contributed by atoms with Crippen molar-refractivity contribution in [2.24, 2.45) is 5.92 Å². The zero-order valence-electron chi connectivity index (χ0n) is 10.4. The smallest absolute Gasteiger partial charge is 0.233 e. The van der Waals surface area contributed by atoms with Crippen LogP contribution in [-0.4, -0.2) is 25.5 Å². The van der Waals surface area contributed by atoms with Crippen LogP contribution >= 0.6 is 0 Å². The Kier molecular flexibility index (Phi) is 4.70. The van der Waals surface area contributed by atoms with Gasteiger partial charge in [-0.15, -0.1) is 0 Å². The van der Waals surface area contributed by atoms with Crippen LogP contribution in [0.1, 0.15) is 18.4 Å². The first kappa shape index (κ1) is 13.0. The van der Waals surface area contributed by atoms with E-state index in [1.807, 2.05) is 6.07 Å². The van der Waals surface area contributed by atoms with E-state index in [0.717, 1.165) is 18.0 Å². The molecule has 0 aromatic heterocycles. The van der Waals surface area contributed by atoms with Gasteiger partial charge in [-0.2, -0.15) is 0 Å². The molecule has 0 bridgehead atoms. The minimum atomic E-state index is -0.232. The normalized spacial score (nSPS) is 14.5. The molecule has 0 radical (unpaired) electrons. The molecular weight excluding hydrogens is 231 g/mol. The van der Waals surface area contributed by atoms with Gasteiger partial charge in [0.15, 0.2) is 0 Å². The number of benzene rings is 1. The van der Waals surface area contributed by atoms with E-state index in [4.69, 9.17) is 0 Å². The van der Waals surface area contributed by atoms with Crippen molar-refractivity contribution in [3.63, 3.8) is 0 Å². The largest absolute Gasteiger partial charge is 0.355 e. The number of halogens is 1. The van der Waals surface area contributed by atoms with Gasteiger partial charge in [-0.05, 0) is 49.4 Å². The van der Waals surface area contributed by atoms with Gasteiger partial charge >= 0.3 is 0 Å². The standard InChI is InChI=1S/C14H19FN2O/c15-13-3-1-2-11(8-13)6-7-17-14(18)10-16-9-12-4-5-12/h1-3,8,12,16H,4-7,9-10H2,(H,17,18). The third-order valence-corrected chi connectivity index (χ3v) is 3.04. The molecule has 1 aliphatic rings. The lowest BCUT2D eigenvalue weighted by atomic mass is 10.1. The second-order valence-corrected chi connectivity index (χ2v) is 4.80. The molecule has 2 N–H and O–H groups in total. The van der Waals surface area contributed by atoms with Crippen LogP contribution in [0.25, 0.3) is 0 Å². The van der Waals surface area contributed by atoms with Crippen LogP contribution in [0.4, 0.5) is 4.39 Å². The van der Waals surface area contributed by atoms with Crippen molar-refractivity contribution in [1.82, 2.24) is 10.6 Å². The molecule has 0 spiro atoms. The third kappa shape index (κ3) is 4.84. The number of carbonyl (C=O) groups is 1. The highest BCUT2D eigenvalue weighted by Gasteiger charge is 2.20. The molecule has 1 amide bonds. The molecule has 18 heavy (non-hydrogen) atoms. The lowest BCUT2D eigenvalue weighted by Gasteiger charge is -2.06. The summed E-state index contributed by atoms with van der Waals surface area (Å²) in [5.74, 6) is 0.557. The molecule has 0 unspecified atom stereocenters. The topological polar surface area (TPSA) is 41.1 Å². The molecule has 1 aromatic carbocycles. The Morgan fingerprint density at radius 3 is 2.94 bits per heavy atom. The van der Waals surface area contributed by atoms with Crippen molar-refractivity contribution >= 4 is 5.91 Å². The fourth-order valence-electron chi connectivity index (χ4n) is 1.81. The molecule has 1 aromatic rings. The third-order valence-electron chi connectivity index (χ3n) is 3.04. The van der Waals surface area contributed by atoms with Crippen LogP contribution in [0.15, 0.2) is 24.3 Å². The molecule has 4 heteroatoms. The molecule has 98 valence electrons. The van der Waals surface area contributed by atoms with Gasteiger partial charge in [0.25, 0.3) is 0 Å². The van der Waals surface area contributed by atoms with E-state index in [9.17, 15) is 9.18 Å². The predicted molar refractivity (Wildman–Crippen MR) is 68.7 cm³/mol. The van der Waals surface area contributed by atoms with E-state index in [2.05, 4.69) is 10.6 Å². The minimum Gasteiger partial charge on any atom is -0.355 e. The van der Waals surface area contributed by atoms with E-state index in [1.54, 1.807) is 6.07 Å². The zero-order valence-corrected chi connectivity index (χ0v) is 10.4. The zero-order chi connectivity index (χ0) is 12.8. The fraction of sp³-hybridized carbons (Fsp3) is 0.500. The quantitative estimate of drug-likeness (QED) is 0.769. The van der Waals surface area contributed by atoms with Gasteiger partial charge in [0.05, 0.1) is 6.54 Å². The number of hydrogen-bond acceptors (Lipinski definition) is 2. The van der Waals surface area contributed by atoms with Crippen LogP contribution in [0.2, 0.25) is 0 Å². The van der Waals surface area contributed by atoms with Crippen molar-refractivity contribution in [3.8, 4) is 0 Å². The summed E-state index contributed by atoms with van der Waals surface area (Å²) in [7, 11) is 0. The molecule has 0 atom stereocenters. The molecule has 0 aliphatic heterocycles. The Hall–Kier alpha value is -1.42. The van der Waals surface area contributed by atoms with Crippen LogP contribution in [-0.2, 0) is 11.2 Å². The Morgan fingerprint density at radius 1 is 1.39 bits per heavy atom. The summed E-state index contributed by atoms with van der Waals surface area (Å²) < 4.78 is 12.9. The van der Waals surface area contributed by atoms with Gasteiger partial charge in [0, 0.05) is 6.54 Å². The van der Waals surface area contributed by atoms with E-state index >= 15 is 0 Å². The van der Waals surface area contributed by atoms with Crippen molar-refractivity contribution in [3.05, 3.63) is 35.6 Å². The first-order valence-electron chi connectivity index (χ1n) is 6.46. The van der Waals surface area contributed by atoms with Crippen molar-refractivity contribution in [2.75, 3.05) is 19.6 Å². The molecular formula is C14H19FN2O. The first-order chi connectivity index (χ1) is 8.74. The maximum absolute atomic E-state index is 12.9. The second kappa shape index (κ2) is 6.50. The Morgan fingerprint density at radius 2 is 2.22 bits per heavy atom. The van der Waals surface area contributed by atoms with Crippen LogP contribution < -0.4 is 10.6 Å². The van der Waals surface area contributed by atoms with Gasteiger partial charge in [0.1, 0.15) is 5.82 Å². The summed E-state index contributed by atoms with van der Waals surface area (Å²) >= 11 is 0. The van der Waals surface area contributed by atoms with Gasteiger partial charge < -0.3 is 10.6 Å². The number of hydrogen-bond donors (Lipinski definition) is 2. The average Bonchev–Trinajstić information content (AvgIpc) is 3.13. The second-order valence-electron chi connectivity index (χ2n) is 4.80. The summed E-state index contributed by atoms with van der Waals surface area (Å²) in [6.45, 7) is 1.87. The maximum Gasteiger partial charge on any atom is 0.233 e. The number of rotatable bonds is 7. The molecule has 2 rings (SSSR count). The summed E-state index contributed by atoms with van der Waals surface area (Å²) in [6, 6.07) is 6.46. The van der Waals surface area contributed by atoms with Gasteiger partial charge in [-0.1, -0.05) is 12.1 Å². The van der Waals surface area contributed by atoms with Crippen molar-refractivity contribution in [1.29, 1.82) is 0 Å². The highest BCUT2D eigenvalue weighted by molar-refractivity contribution is 5.77. The van der Waals surface area contributed by atoms with Gasteiger partial charge in [-0.25, -0.2) is 4.39 Å². The van der Waals surface area contributed by atoms with Gasteiger partial charge in [-0.3, -0.25) is 4.79 Å². The van der Waals surface area contributed by atoms with E-state index in [0.29, 0.717) is 19.5 Å². The van der Waals surface area contributed by atoms with Crippen LogP contribution in [0, 0.1) is 11.7 Å². The molecule has 0 saturated heterocycles. The molecule has 3 nitrogen and oxygen atoms in total. The number of carbonyl (C=O) groups excluding carboxylic acids is 1. The van der Waals surface area contributed by atoms with Crippen molar-refractivity contribution in [2.45, 2.75) is 19.3 Å². The molecule has 1 fully saturated rings. The monoisotopic (exact) mass is 250 g/mol. The lowest BCUT2D eigenvalue weighted by molar-refractivity contribution is -0.120. The van der Waals surface area contributed by atoms with E-state index < -0.39 is 0 Å². The first-order valence-corrected chi connectivity index (χ1v) is 6.46. The molecule has 0 heterocycles. The highest BCUT2D eigenvalue weighted by Crippen LogP contribution is 2.27. The van der Waals surface area contributed by atoms with E-state index in [-0.39, 0.29) is 11.7 Å². The minimum absolute atomic E-state index is 0.00653. The number of amides is 1. The van der Waals surface area contributed by atoms with E-state index in [1.165, 1.54) is 25.0 Å². The summed E-state index contributed by atoms with van der Waals surface area (Å²) in [6.07, 6.45) is 3.23. The van der Waals surface area contributed by atoms with Crippen molar-refractivity contribution < 1.29 is 9.18 Å². The number of nitrogens with one attached hydrogen (secondary N) is 2. The average molecular weight is 250 g/mol. The lowest BCUT2D eigenvalue weighted by Crippen LogP contribution is -2.35. The Bertz CT molecular complexity index is 405. The SMILES string of the molecule is O=C(CNCC1CC1)NCCc1cccc(F)c1. The molecule has 1 aliphatic carbocycles. The summed E-state index contributed by atoms with van der Waals surface area (Å²) in [5.41, 5.74) is 0.904. The predicted octanol–water partition coefficient (Wildman–Crippen LogP) is 1.48.